The molecule has 0 aliphatic rings. The quantitative estimate of drug-likeness (QED) is 0.464. The number of aryl methyl sites for hydroxylation is 2. The highest BCUT2D eigenvalue weighted by molar-refractivity contribution is 6.17. The van der Waals surface area contributed by atoms with Gasteiger partial charge in [-0.2, -0.15) is 0 Å². The Morgan fingerprint density at radius 3 is 2.55 bits per heavy atom. The van der Waals surface area contributed by atoms with E-state index in [-0.39, 0.29) is 5.69 Å². The van der Waals surface area contributed by atoms with E-state index in [1.807, 2.05) is 25.1 Å². The molecule has 0 saturated carbocycles. The summed E-state index contributed by atoms with van der Waals surface area (Å²) in [4.78, 5) is 10.4. The third-order valence-corrected chi connectivity index (χ3v) is 3.24. The van der Waals surface area contributed by atoms with Gasteiger partial charge in [-0.25, -0.2) is 0 Å². The first-order chi connectivity index (χ1) is 9.51. The zero-order valence-electron chi connectivity index (χ0n) is 11.2. The summed E-state index contributed by atoms with van der Waals surface area (Å²) >= 11 is 5.90. The molecule has 0 atom stereocenters. The number of rotatable bonds is 4. The minimum atomic E-state index is -0.408. The van der Waals surface area contributed by atoms with Crippen molar-refractivity contribution in [3.63, 3.8) is 0 Å². The molecule has 2 aromatic carbocycles. The minimum Gasteiger partial charge on any atom is -0.457 e. The van der Waals surface area contributed by atoms with Crippen molar-refractivity contribution in [2.24, 2.45) is 0 Å². The molecule has 0 aliphatic carbocycles. The van der Waals surface area contributed by atoms with Crippen LogP contribution in [0.1, 0.15) is 16.7 Å². The topological polar surface area (TPSA) is 52.4 Å². The number of benzene rings is 2. The summed E-state index contributed by atoms with van der Waals surface area (Å²) in [6, 6.07) is 10.4. The lowest BCUT2D eigenvalue weighted by atomic mass is 10.1. The summed E-state index contributed by atoms with van der Waals surface area (Å²) in [5.41, 5.74) is 2.64. The number of ether oxygens (including phenoxy) is 1. The van der Waals surface area contributed by atoms with E-state index in [1.54, 1.807) is 19.1 Å². The molecule has 20 heavy (non-hydrogen) atoms. The van der Waals surface area contributed by atoms with Gasteiger partial charge in [0.1, 0.15) is 11.5 Å². The second kappa shape index (κ2) is 5.92. The van der Waals surface area contributed by atoms with Gasteiger partial charge in [-0.1, -0.05) is 17.7 Å². The van der Waals surface area contributed by atoms with Crippen molar-refractivity contribution in [1.29, 1.82) is 0 Å². The van der Waals surface area contributed by atoms with Crippen LogP contribution in [0, 0.1) is 24.0 Å². The maximum Gasteiger partial charge on any atom is 0.272 e. The zero-order valence-corrected chi connectivity index (χ0v) is 12.0. The van der Waals surface area contributed by atoms with E-state index in [0.717, 1.165) is 11.1 Å². The van der Waals surface area contributed by atoms with Gasteiger partial charge in [-0.15, -0.1) is 11.6 Å². The standard InChI is InChI=1S/C15H14ClNO3/c1-10-3-6-15(12(7-10)9-16)20-13-4-5-14(17(18)19)11(2)8-13/h3-8H,9H2,1-2H3. The van der Waals surface area contributed by atoms with Gasteiger partial charge in [0.15, 0.2) is 0 Å². The van der Waals surface area contributed by atoms with Crippen LogP contribution >= 0.6 is 11.6 Å². The van der Waals surface area contributed by atoms with Gasteiger partial charge in [-0.3, -0.25) is 10.1 Å². The van der Waals surface area contributed by atoms with Gasteiger partial charge in [0, 0.05) is 17.2 Å². The van der Waals surface area contributed by atoms with Crippen LogP contribution in [0.3, 0.4) is 0 Å². The summed E-state index contributed by atoms with van der Waals surface area (Å²) < 4.78 is 5.76. The third-order valence-electron chi connectivity index (χ3n) is 2.95. The van der Waals surface area contributed by atoms with E-state index in [0.29, 0.717) is 22.9 Å². The number of alkyl halides is 1. The van der Waals surface area contributed by atoms with E-state index in [4.69, 9.17) is 16.3 Å². The molecule has 0 aliphatic heterocycles. The summed E-state index contributed by atoms with van der Waals surface area (Å²) in [5, 5.41) is 10.8. The van der Waals surface area contributed by atoms with Gasteiger partial charge >= 0.3 is 0 Å². The Balaban J connectivity index is 2.31. The molecule has 0 unspecified atom stereocenters. The van der Waals surface area contributed by atoms with E-state index in [9.17, 15) is 10.1 Å². The first-order valence-corrected chi connectivity index (χ1v) is 6.63. The Kier molecular flexibility index (Phi) is 4.25. The molecular formula is C15H14ClNO3. The average molecular weight is 292 g/mol. The van der Waals surface area contributed by atoms with Gasteiger partial charge in [-0.05, 0) is 32.0 Å². The maximum atomic E-state index is 10.8. The third kappa shape index (κ3) is 3.08. The molecule has 2 aromatic rings. The smallest absolute Gasteiger partial charge is 0.272 e. The van der Waals surface area contributed by atoms with Crippen LogP contribution in [0.15, 0.2) is 36.4 Å². The molecule has 0 saturated heterocycles. The largest absolute Gasteiger partial charge is 0.457 e. The summed E-state index contributed by atoms with van der Waals surface area (Å²) in [6.07, 6.45) is 0. The molecule has 0 N–H and O–H groups in total. The van der Waals surface area contributed by atoms with Crippen LogP contribution in [0.4, 0.5) is 5.69 Å². The summed E-state index contributed by atoms with van der Waals surface area (Å²) in [7, 11) is 0. The molecule has 0 radical (unpaired) electrons. The Bertz CT molecular complexity index is 656. The Hall–Kier alpha value is -2.07. The van der Waals surface area contributed by atoms with Crippen molar-refractivity contribution in [1.82, 2.24) is 0 Å². The molecule has 0 aromatic heterocycles. The molecule has 0 heterocycles. The number of hydrogen-bond acceptors (Lipinski definition) is 3. The van der Waals surface area contributed by atoms with Crippen LogP contribution in [0.2, 0.25) is 0 Å². The minimum absolute atomic E-state index is 0.0822. The number of halogens is 1. The summed E-state index contributed by atoms with van der Waals surface area (Å²) in [6.45, 7) is 3.67. The fourth-order valence-corrected chi connectivity index (χ4v) is 2.14. The van der Waals surface area contributed by atoms with Crippen molar-refractivity contribution in [3.8, 4) is 11.5 Å². The Labute approximate surface area is 122 Å². The van der Waals surface area contributed by atoms with Crippen molar-refractivity contribution in [3.05, 3.63) is 63.2 Å². The molecule has 4 nitrogen and oxygen atoms in total. The molecular weight excluding hydrogens is 278 g/mol. The predicted molar refractivity (Wildman–Crippen MR) is 78.6 cm³/mol. The number of nitrogens with zero attached hydrogens (tertiary/aromatic N) is 1. The van der Waals surface area contributed by atoms with Crippen molar-refractivity contribution in [2.75, 3.05) is 0 Å². The van der Waals surface area contributed by atoms with Crippen molar-refractivity contribution < 1.29 is 9.66 Å². The van der Waals surface area contributed by atoms with Crippen LogP contribution in [0.5, 0.6) is 11.5 Å². The lowest BCUT2D eigenvalue weighted by Crippen LogP contribution is -1.94. The highest BCUT2D eigenvalue weighted by atomic mass is 35.5. The van der Waals surface area contributed by atoms with E-state index < -0.39 is 4.92 Å². The lowest BCUT2D eigenvalue weighted by Gasteiger charge is -2.11. The fourth-order valence-electron chi connectivity index (χ4n) is 1.94. The predicted octanol–water partition coefficient (Wildman–Crippen LogP) is 4.74. The number of nitro groups is 1. The molecule has 0 bridgehead atoms. The van der Waals surface area contributed by atoms with E-state index >= 15 is 0 Å². The highest BCUT2D eigenvalue weighted by Gasteiger charge is 2.12. The van der Waals surface area contributed by atoms with Crippen LogP contribution in [-0.4, -0.2) is 4.92 Å². The van der Waals surface area contributed by atoms with Gasteiger partial charge in [0.05, 0.1) is 10.8 Å². The van der Waals surface area contributed by atoms with Crippen molar-refractivity contribution in [2.45, 2.75) is 19.7 Å². The lowest BCUT2D eigenvalue weighted by molar-refractivity contribution is -0.385. The average Bonchev–Trinajstić information content (AvgIpc) is 2.40. The van der Waals surface area contributed by atoms with Gasteiger partial charge < -0.3 is 4.74 Å². The SMILES string of the molecule is Cc1ccc(Oc2ccc([N+](=O)[O-])c(C)c2)c(CCl)c1. The highest BCUT2D eigenvalue weighted by Crippen LogP contribution is 2.30. The van der Waals surface area contributed by atoms with Crippen LogP contribution in [-0.2, 0) is 5.88 Å². The fraction of sp³-hybridized carbons (Fsp3) is 0.200. The van der Waals surface area contributed by atoms with Gasteiger partial charge in [0.25, 0.3) is 5.69 Å². The zero-order chi connectivity index (χ0) is 14.7. The van der Waals surface area contributed by atoms with Crippen LogP contribution in [0.25, 0.3) is 0 Å². The van der Waals surface area contributed by atoms with Crippen LogP contribution < -0.4 is 4.74 Å². The second-order valence-electron chi connectivity index (χ2n) is 4.55. The number of nitro benzene ring substituents is 1. The van der Waals surface area contributed by atoms with Crippen molar-refractivity contribution >= 4 is 17.3 Å². The maximum absolute atomic E-state index is 10.8. The van der Waals surface area contributed by atoms with E-state index in [1.165, 1.54) is 6.07 Å². The molecule has 104 valence electrons. The molecule has 0 amide bonds. The normalized spacial score (nSPS) is 10.3. The van der Waals surface area contributed by atoms with E-state index in [2.05, 4.69) is 0 Å². The Morgan fingerprint density at radius 2 is 1.95 bits per heavy atom. The second-order valence-corrected chi connectivity index (χ2v) is 4.82. The first-order valence-electron chi connectivity index (χ1n) is 6.09. The first kappa shape index (κ1) is 14.3. The molecule has 2 rings (SSSR count). The Morgan fingerprint density at radius 1 is 1.20 bits per heavy atom. The molecule has 5 heteroatoms. The number of hydrogen-bond donors (Lipinski definition) is 0. The molecule has 0 spiro atoms. The van der Waals surface area contributed by atoms with Gasteiger partial charge in [0.2, 0.25) is 0 Å². The monoisotopic (exact) mass is 291 g/mol. The summed E-state index contributed by atoms with van der Waals surface area (Å²) in [5.74, 6) is 1.57. The molecule has 0 fully saturated rings.